The van der Waals surface area contributed by atoms with Crippen molar-refractivity contribution in [2.24, 2.45) is 0 Å². The van der Waals surface area contributed by atoms with Gasteiger partial charge in [-0.2, -0.15) is 19.3 Å². The van der Waals surface area contributed by atoms with Gasteiger partial charge in [-0.25, -0.2) is 28.1 Å². The van der Waals surface area contributed by atoms with Gasteiger partial charge in [-0.1, -0.05) is 48.6 Å². The number of ether oxygens (including phenoxy) is 1. The zero-order chi connectivity index (χ0) is 30.6. The Kier molecular flexibility index (Phi) is 57.6. The van der Waals surface area contributed by atoms with E-state index in [2.05, 4.69) is 61.3 Å². The van der Waals surface area contributed by atoms with Gasteiger partial charge in [-0.05, 0) is 12.8 Å². The van der Waals surface area contributed by atoms with Crippen molar-refractivity contribution in [1.29, 1.82) is 0 Å². The van der Waals surface area contributed by atoms with Gasteiger partial charge in [0, 0.05) is 98.1 Å². The van der Waals surface area contributed by atoms with Crippen LogP contribution in [0.3, 0.4) is 0 Å². The van der Waals surface area contributed by atoms with Crippen molar-refractivity contribution in [3.05, 3.63) is 84.0 Å². The van der Waals surface area contributed by atoms with Crippen LogP contribution in [0, 0.1) is 39.8 Å². The van der Waals surface area contributed by atoms with E-state index in [-0.39, 0.29) is 132 Å². The molecule has 0 saturated heterocycles. The van der Waals surface area contributed by atoms with Crippen LogP contribution in [-0.2, 0) is 122 Å². The molecule has 2 unspecified atom stereocenters. The summed E-state index contributed by atoms with van der Waals surface area (Å²) in [4.78, 5) is 47.1. The molecule has 0 aliphatic rings. The molecular formula is C28H50N6O6Y3-6. The second kappa shape index (κ2) is 42.2. The van der Waals surface area contributed by atoms with E-state index in [4.69, 9.17) is 4.74 Å². The maximum absolute atomic E-state index is 12.4. The van der Waals surface area contributed by atoms with Crippen LogP contribution in [0.25, 0.3) is 0 Å². The van der Waals surface area contributed by atoms with Crippen LogP contribution in [0.5, 0.6) is 0 Å². The minimum atomic E-state index is -0.893. The normalized spacial score (nSPS) is 9.91. The number of hydrogen-bond acceptors (Lipinski definition) is 9. The molecule has 2 rings (SSSR count). The van der Waals surface area contributed by atoms with Crippen LogP contribution >= 0.6 is 0 Å². The van der Waals surface area contributed by atoms with E-state index in [9.17, 15) is 24.6 Å². The van der Waals surface area contributed by atoms with Crippen LogP contribution in [0.15, 0.2) is 27.2 Å². The number of aliphatic hydroxyl groups is 2. The Morgan fingerprint density at radius 1 is 0.744 bits per heavy atom. The third-order valence-electron chi connectivity index (χ3n) is 3.97. The maximum Gasteiger partial charge on any atom is 0.336 e. The molecule has 0 bridgehead atoms. The van der Waals surface area contributed by atoms with Crippen molar-refractivity contribution in [3.8, 4) is 0 Å². The summed E-state index contributed by atoms with van der Waals surface area (Å²) in [5.74, 6) is 0. The first-order valence-electron chi connectivity index (χ1n) is 12.9. The number of nitrogens with zero attached hydrogens (tertiary/aromatic N) is 6. The molecule has 3 radical (unpaired) electrons. The molecule has 15 heteroatoms. The molecule has 43 heavy (non-hydrogen) atoms. The van der Waals surface area contributed by atoms with E-state index in [0.717, 1.165) is 33.0 Å². The molecule has 2 heterocycles. The molecule has 12 nitrogen and oxygen atoms in total. The minimum absolute atomic E-state index is 0. The van der Waals surface area contributed by atoms with Gasteiger partial charge >= 0.3 is 17.1 Å². The van der Waals surface area contributed by atoms with Gasteiger partial charge < -0.3 is 69.7 Å². The fraction of sp³-hybridized carbons (Fsp3) is 0.607. The average molecular weight is 833 g/mol. The standard InChI is InChI=1S/C15H25N3O6.C3N3.3C3H7.CH4.3Y/c1-4-11(19)9-17-13(21)16(7-8-24-6-3)14(22)18(15(17)23)10-12(20)5-2;1-4-2-6-3-5-1;3*1-3-2;;;;/h6,11-12,19-20H,3-5,7-10H2,1-2H3;;3*1,3H2,2H3;1H4;;;/q;-3;3*-1;;;;. The van der Waals surface area contributed by atoms with Crippen LogP contribution < -0.4 is 17.1 Å². The molecule has 0 aliphatic heterocycles. The minimum Gasteiger partial charge on any atom is -0.646 e. The van der Waals surface area contributed by atoms with Crippen LogP contribution in [0.1, 0.15) is 74.1 Å². The zero-order valence-electron chi connectivity index (χ0n) is 25.9. The smallest absolute Gasteiger partial charge is 0.336 e. The second-order valence-electron chi connectivity index (χ2n) is 7.52. The molecule has 0 aromatic carbocycles. The van der Waals surface area contributed by atoms with Gasteiger partial charge in [0.25, 0.3) is 0 Å². The van der Waals surface area contributed by atoms with Gasteiger partial charge in [0.1, 0.15) is 6.61 Å². The Morgan fingerprint density at radius 2 is 1.02 bits per heavy atom. The van der Waals surface area contributed by atoms with Crippen LogP contribution in [0.4, 0.5) is 0 Å². The molecule has 0 fully saturated rings. The van der Waals surface area contributed by atoms with E-state index < -0.39 is 29.3 Å². The summed E-state index contributed by atoms with van der Waals surface area (Å²) in [5, 5.41) is 19.5. The molecular weight excluding hydrogens is 783 g/mol. The summed E-state index contributed by atoms with van der Waals surface area (Å²) in [6, 6.07) is 0. The fourth-order valence-corrected chi connectivity index (χ4v) is 2.24. The second-order valence-corrected chi connectivity index (χ2v) is 7.52. The molecule has 0 aliphatic carbocycles. The molecule has 0 spiro atoms. The number of rotatable bonds is 10. The van der Waals surface area contributed by atoms with Gasteiger partial charge in [0.15, 0.2) is 0 Å². The Bertz CT molecular complexity index is 925. The monoisotopic (exact) mass is 833 g/mol. The van der Waals surface area contributed by atoms with Crippen LogP contribution in [0.2, 0.25) is 0 Å². The summed E-state index contributed by atoms with van der Waals surface area (Å²) in [7, 11) is 0. The maximum atomic E-state index is 12.4. The van der Waals surface area contributed by atoms with Crippen molar-refractivity contribution in [3.63, 3.8) is 0 Å². The van der Waals surface area contributed by atoms with E-state index in [1.54, 1.807) is 13.8 Å². The summed E-state index contributed by atoms with van der Waals surface area (Å²) >= 11 is 0. The van der Waals surface area contributed by atoms with Crippen molar-refractivity contribution < 1.29 is 113 Å². The van der Waals surface area contributed by atoms with E-state index in [0.29, 0.717) is 12.8 Å². The van der Waals surface area contributed by atoms with E-state index >= 15 is 0 Å². The SMILES string of the molecule is C.C=COCCn1c(=O)n(CC(O)CC)c(=O)n(CC(O)CC)c1=O.[CH2-]CC.[CH2-]CC.[CH2-]CC.[Y].[Y].[Y].[c-]1n[c-]n[c-]n1. The average Bonchev–Trinajstić information content (AvgIpc) is 2.93. The topological polar surface area (TPSA) is 154 Å². The Hall–Kier alpha value is 0.192. The predicted octanol–water partition coefficient (Wildman–Crippen LogP) is 2.47. The first kappa shape index (κ1) is 58.7. The molecule has 2 atom stereocenters. The molecule has 2 aromatic heterocycles. The molecule has 0 amide bonds. The van der Waals surface area contributed by atoms with Crippen molar-refractivity contribution in [1.82, 2.24) is 28.7 Å². The summed E-state index contributed by atoms with van der Waals surface area (Å²) in [6.45, 7) is 22.8. The Labute approximate surface area is 334 Å². The predicted molar refractivity (Wildman–Crippen MR) is 158 cm³/mol. The van der Waals surface area contributed by atoms with Gasteiger partial charge in [-0.3, -0.25) is 0 Å². The van der Waals surface area contributed by atoms with Gasteiger partial charge in [0.2, 0.25) is 0 Å². The largest absolute Gasteiger partial charge is 0.646 e. The summed E-state index contributed by atoms with van der Waals surface area (Å²) in [6.07, 6.45) is 9.75. The van der Waals surface area contributed by atoms with Gasteiger partial charge in [0.05, 0.1) is 38.1 Å². The third kappa shape index (κ3) is 30.6. The van der Waals surface area contributed by atoms with Gasteiger partial charge in [-0.15, -0.1) is 0 Å². The molecule has 0 saturated carbocycles. The molecule has 2 N–H and O–H groups in total. The van der Waals surface area contributed by atoms with E-state index in [1.807, 2.05) is 20.8 Å². The quantitative estimate of drug-likeness (QED) is 0.209. The fourth-order valence-electron chi connectivity index (χ4n) is 2.24. The Morgan fingerprint density at radius 3 is 1.26 bits per heavy atom. The zero-order valence-corrected chi connectivity index (χ0v) is 34.4. The number of aromatic nitrogens is 6. The van der Waals surface area contributed by atoms with Crippen molar-refractivity contribution in [2.45, 2.75) is 106 Å². The first-order chi connectivity index (χ1) is 18.6. The van der Waals surface area contributed by atoms with Crippen LogP contribution in [-0.4, -0.2) is 57.7 Å². The van der Waals surface area contributed by atoms with Crippen molar-refractivity contribution >= 4 is 0 Å². The van der Waals surface area contributed by atoms with Crippen molar-refractivity contribution in [2.75, 3.05) is 6.61 Å². The number of aliphatic hydroxyl groups excluding tert-OH is 2. The summed E-state index contributed by atoms with van der Waals surface area (Å²) < 4.78 is 7.41. The Balaban J connectivity index is -0.000000113. The summed E-state index contributed by atoms with van der Waals surface area (Å²) in [5.41, 5.74) is -2.47. The molecule has 2 aromatic rings. The number of hydrogen-bond donors (Lipinski definition) is 2. The van der Waals surface area contributed by atoms with E-state index in [1.165, 1.54) is 6.26 Å². The first-order valence-corrected chi connectivity index (χ1v) is 12.9. The third-order valence-corrected chi connectivity index (χ3v) is 3.97. The molecule has 243 valence electrons.